The number of carbonyl (C=O) groups is 2. The molecule has 3 aromatic rings. The SMILES string of the molecule is COC(=O)[C@@H](NC1CCC(C(=O)Nc2cccc3cccnc23)CC1)c1ccccc1. The van der Waals surface area contributed by atoms with Gasteiger partial charge in [0.15, 0.2) is 0 Å². The molecule has 1 fully saturated rings. The molecule has 2 N–H and O–H groups in total. The number of fused-ring (bicyclic) bond motifs is 1. The molecule has 6 heteroatoms. The first-order valence-corrected chi connectivity index (χ1v) is 10.7. The zero-order chi connectivity index (χ0) is 21.6. The van der Waals surface area contributed by atoms with Crippen LogP contribution in [0.25, 0.3) is 10.9 Å². The fourth-order valence-corrected chi connectivity index (χ4v) is 4.26. The summed E-state index contributed by atoms with van der Waals surface area (Å²) in [5.74, 6) is -0.316. The van der Waals surface area contributed by atoms with E-state index in [1.54, 1.807) is 6.20 Å². The van der Waals surface area contributed by atoms with Gasteiger partial charge in [0.1, 0.15) is 6.04 Å². The lowest BCUT2D eigenvalue weighted by Gasteiger charge is -2.31. The maximum Gasteiger partial charge on any atom is 0.327 e. The van der Waals surface area contributed by atoms with Crippen LogP contribution in [0.1, 0.15) is 37.3 Å². The molecule has 2 aromatic carbocycles. The van der Waals surface area contributed by atoms with Crippen molar-refractivity contribution in [2.75, 3.05) is 12.4 Å². The molecule has 1 aliphatic carbocycles. The van der Waals surface area contributed by atoms with Gasteiger partial charge in [-0.3, -0.25) is 15.1 Å². The Kier molecular flexibility index (Phi) is 6.57. The van der Waals surface area contributed by atoms with Gasteiger partial charge in [0.25, 0.3) is 0 Å². The van der Waals surface area contributed by atoms with E-state index >= 15 is 0 Å². The molecular weight excluding hydrogens is 390 g/mol. The number of nitrogens with one attached hydrogen (secondary N) is 2. The predicted octanol–water partition coefficient (Wildman–Crippen LogP) is 4.24. The van der Waals surface area contributed by atoms with Crippen molar-refractivity contribution in [3.8, 4) is 0 Å². The van der Waals surface area contributed by atoms with Crippen LogP contribution in [0, 0.1) is 5.92 Å². The fraction of sp³-hybridized carbons (Fsp3) is 0.320. The number of benzene rings is 2. The van der Waals surface area contributed by atoms with Crippen LogP contribution in [-0.4, -0.2) is 30.0 Å². The highest BCUT2D eigenvalue weighted by molar-refractivity contribution is 6.01. The zero-order valence-electron chi connectivity index (χ0n) is 17.6. The number of para-hydroxylation sites is 1. The largest absolute Gasteiger partial charge is 0.468 e. The molecule has 1 aromatic heterocycles. The number of anilines is 1. The van der Waals surface area contributed by atoms with Gasteiger partial charge in [-0.2, -0.15) is 0 Å². The fourth-order valence-electron chi connectivity index (χ4n) is 4.26. The van der Waals surface area contributed by atoms with E-state index in [0.29, 0.717) is 0 Å². The van der Waals surface area contributed by atoms with Gasteiger partial charge < -0.3 is 10.1 Å². The molecule has 6 nitrogen and oxygen atoms in total. The molecule has 1 heterocycles. The number of rotatable bonds is 6. The quantitative estimate of drug-likeness (QED) is 0.587. The molecule has 0 aliphatic heterocycles. The van der Waals surface area contributed by atoms with Crippen molar-refractivity contribution in [1.29, 1.82) is 0 Å². The predicted molar refractivity (Wildman–Crippen MR) is 120 cm³/mol. The number of nitrogens with zero attached hydrogens (tertiary/aromatic N) is 1. The minimum Gasteiger partial charge on any atom is -0.468 e. The number of amides is 1. The molecule has 0 radical (unpaired) electrons. The molecule has 4 rings (SSSR count). The summed E-state index contributed by atoms with van der Waals surface area (Å²) in [6.45, 7) is 0. The van der Waals surface area contributed by atoms with E-state index in [2.05, 4.69) is 15.6 Å². The molecular formula is C25H27N3O3. The standard InChI is InChI=1S/C25H27N3O3/c1-31-25(30)23(18-7-3-2-4-8-18)27-20-14-12-19(13-15-20)24(29)28-21-11-5-9-17-10-6-16-26-22(17)21/h2-11,16,19-20,23,27H,12-15H2,1H3,(H,28,29)/t19?,20?,23-/m0/s1. The second-order valence-corrected chi connectivity index (χ2v) is 7.95. The molecule has 0 bridgehead atoms. The van der Waals surface area contributed by atoms with Crippen LogP contribution >= 0.6 is 0 Å². The normalized spacial score (nSPS) is 19.5. The minimum absolute atomic E-state index is 0.0316. The van der Waals surface area contributed by atoms with Crippen molar-refractivity contribution in [1.82, 2.24) is 10.3 Å². The van der Waals surface area contributed by atoms with Crippen LogP contribution in [-0.2, 0) is 14.3 Å². The number of carbonyl (C=O) groups excluding carboxylic acids is 2. The van der Waals surface area contributed by atoms with Gasteiger partial charge >= 0.3 is 5.97 Å². The summed E-state index contributed by atoms with van der Waals surface area (Å²) in [7, 11) is 1.41. The molecule has 31 heavy (non-hydrogen) atoms. The Balaban J connectivity index is 1.36. The van der Waals surface area contributed by atoms with Gasteiger partial charge in [-0.15, -0.1) is 0 Å². The van der Waals surface area contributed by atoms with Crippen LogP contribution in [0.4, 0.5) is 5.69 Å². The highest BCUT2D eigenvalue weighted by Crippen LogP contribution is 2.29. The van der Waals surface area contributed by atoms with Gasteiger partial charge in [0.2, 0.25) is 5.91 Å². The van der Waals surface area contributed by atoms with Crippen molar-refractivity contribution in [2.45, 2.75) is 37.8 Å². The van der Waals surface area contributed by atoms with E-state index in [9.17, 15) is 9.59 Å². The van der Waals surface area contributed by atoms with Gasteiger partial charge in [0.05, 0.1) is 18.3 Å². The molecule has 1 amide bonds. The number of methoxy groups -OCH3 is 1. The van der Waals surface area contributed by atoms with Gasteiger partial charge in [-0.05, 0) is 43.4 Å². The number of aromatic nitrogens is 1. The molecule has 1 atom stereocenters. The lowest BCUT2D eigenvalue weighted by molar-refractivity contribution is -0.143. The van der Waals surface area contributed by atoms with E-state index in [-0.39, 0.29) is 23.8 Å². The average Bonchev–Trinajstić information content (AvgIpc) is 2.83. The Morgan fingerprint density at radius 2 is 1.71 bits per heavy atom. The highest BCUT2D eigenvalue weighted by atomic mass is 16.5. The second-order valence-electron chi connectivity index (χ2n) is 7.95. The van der Waals surface area contributed by atoms with E-state index < -0.39 is 6.04 Å². The summed E-state index contributed by atoms with van der Waals surface area (Å²) < 4.78 is 5.00. The Hall–Kier alpha value is -3.25. The third kappa shape index (κ3) is 4.91. The summed E-state index contributed by atoms with van der Waals surface area (Å²) in [5.41, 5.74) is 2.44. The number of hydrogen-bond acceptors (Lipinski definition) is 5. The van der Waals surface area contributed by atoms with Gasteiger partial charge in [0, 0.05) is 23.5 Å². The van der Waals surface area contributed by atoms with Crippen LogP contribution in [0.3, 0.4) is 0 Å². The topological polar surface area (TPSA) is 80.3 Å². The lowest BCUT2D eigenvalue weighted by atomic mass is 9.85. The molecule has 0 unspecified atom stereocenters. The van der Waals surface area contributed by atoms with Gasteiger partial charge in [-0.25, -0.2) is 4.79 Å². The van der Waals surface area contributed by atoms with Crippen molar-refractivity contribution in [3.63, 3.8) is 0 Å². The monoisotopic (exact) mass is 417 g/mol. The van der Waals surface area contributed by atoms with E-state index in [4.69, 9.17) is 4.74 Å². The molecule has 1 saturated carbocycles. The number of pyridine rings is 1. The van der Waals surface area contributed by atoms with Gasteiger partial charge in [-0.1, -0.05) is 48.5 Å². The minimum atomic E-state index is -0.497. The van der Waals surface area contributed by atoms with Crippen LogP contribution in [0.5, 0.6) is 0 Å². The first-order chi connectivity index (χ1) is 15.2. The summed E-state index contributed by atoms with van der Waals surface area (Å²) >= 11 is 0. The summed E-state index contributed by atoms with van der Waals surface area (Å²) in [4.78, 5) is 29.6. The maximum absolute atomic E-state index is 12.9. The summed E-state index contributed by atoms with van der Waals surface area (Å²) in [6.07, 6.45) is 4.92. The van der Waals surface area contributed by atoms with E-state index in [1.165, 1.54) is 7.11 Å². The third-order valence-electron chi connectivity index (χ3n) is 5.96. The van der Waals surface area contributed by atoms with E-state index in [0.717, 1.165) is 47.8 Å². The molecule has 0 saturated heterocycles. The summed E-state index contributed by atoms with van der Waals surface area (Å²) in [6, 6.07) is 18.9. The Labute approximate surface area is 182 Å². The molecule has 0 spiro atoms. The Bertz CT molecular complexity index is 1040. The third-order valence-corrected chi connectivity index (χ3v) is 5.96. The Morgan fingerprint density at radius 3 is 2.45 bits per heavy atom. The first-order valence-electron chi connectivity index (χ1n) is 10.7. The number of hydrogen-bond donors (Lipinski definition) is 2. The maximum atomic E-state index is 12.9. The van der Waals surface area contributed by atoms with Crippen molar-refractivity contribution in [3.05, 3.63) is 72.4 Å². The second kappa shape index (κ2) is 9.71. The smallest absolute Gasteiger partial charge is 0.327 e. The van der Waals surface area contributed by atoms with E-state index in [1.807, 2.05) is 60.7 Å². The number of ether oxygens (including phenoxy) is 1. The Morgan fingerprint density at radius 1 is 0.968 bits per heavy atom. The van der Waals surface area contributed by atoms with Crippen LogP contribution in [0.15, 0.2) is 66.9 Å². The lowest BCUT2D eigenvalue weighted by Crippen LogP contribution is -2.41. The zero-order valence-corrected chi connectivity index (χ0v) is 17.6. The highest BCUT2D eigenvalue weighted by Gasteiger charge is 2.30. The number of esters is 1. The van der Waals surface area contributed by atoms with Crippen molar-refractivity contribution in [2.24, 2.45) is 5.92 Å². The molecule has 160 valence electrons. The van der Waals surface area contributed by atoms with Crippen molar-refractivity contribution < 1.29 is 14.3 Å². The summed E-state index contributed by atoms with van der Waals surface area (Å²) in [5, 5.41) is 7.51. The van der Waals surface area contributed by atoms with Crippen LogP contribution in [0.2, 0.25) is 0 Å². The average molecular weight is 418 g/mol. The van der Waals surface area contributed by atoms with Crippen LogP contribution < -0.4 is 10.6 Å². The first kappa shape index (κ1) is 21.0. The molecule has 1 aliphatic rings. The van der Waals surface area contributed by atoms with Crippen molar-refractivity contribution >= 4 is 28.5 Å².